The van der Waals surface area contributed by atoms with Crippen LogP contribution >= 0.6 is 0 Å². The van der Waals surface area contributed by atoms with Gasteiger partial charge in [-0.25, -0.2) is 4.79 Å². The predicted molar refractivity (Wildman–Crippen MR) is 56.5 cm³/mol. The number of aliphatic carboxylic acids is 1. The molecule has 3 amide bonds. The van der Waals surface area contributed by atoms with Crippen molar-refractivity contribution in [1.82, 2.24) is 10.2 Å². The number of hydrogen-bond acceptors (Lipinski definition) is 3. The summed E-state index contributed by atoms with van der Waals surface area (Å²) in [4.78, 5) is 33.7. The van der Waals surface area contributed by atoms with Crippen molar-refractivity contribution in [3.63, 3.8) is 0 Å². The van der Waals surface area contributed by atoms with Crippen LogP contribution in [0, 0.1) is 12.3 Å². The van der Waals surface area contributed by atoms with Crippen LogP contribution in [0.15, 0.2) is 0 Å². The zero-order valence-corrected chi connectivity index (χ0v) is 9.02. The van der Waals surface area contributed by atoms with Gasteiger partial charge >= 0.3 is 12.0 Å². The third-order valence-corrected chi connectivity index (χ3v) is 1.72. The summed E-state index contributed by atoms with van der Waals surface area (Å²) < 4.78 is 0. The highest BCUT2D eigenvalue weighted by molar-refractivity contribution is 5.94. The molecular formula is C10H14N2O4. The lowest BCUT2D eigenvalue weighted by atomic mass is 10.2. The van der Waals surface area contributed by atoms with Crippen molar-refractivity contribution in [2.45, 2.75) is 19.3 Å². The number of nitrogens with one attached hydrogen (secondary N) is 1. The number of carbonyl (C=O) groups is 3. The molecule has 0 spiro atoms. The van der Waals surface area contributed by atoms with E-state index >= 15 is 0 Å². The molecule has 2 N–H and O–H groups in total. The van der Waals surface area contributed by atoms with Crippen LogP contribution in [0.2, 0.25) is 0 Å². The Kier molecular flexibility index (Phi) is 6.36. The number of terminal acetylenes is 1. The van der Waals surface area contributed by atoms with Gasteiger partial charge in [0.1, 0.15) is 0 Å². The van der Waals surface area contributed by atoms with Crippen molar-refractivity contribution in [2.24, 2.45) is 0 Å². The Balaban J connectivity index is 3.83. The lowest BCUT2D eigenvalue weighted by Gasteiger charge is -2.13. The zero-order valence-electron chi connectivity index (χ0n) is 9.02. The molecule has 0 saturated carbocycles. The van der Waals surface area contributed by atoms with Crippen LogP contribution in [-0.2, 0) is 9.59 Å². The van der Waals surface area contributed by atoms with Crippen LogP contribution in [0.5, 0.6) is 0 Å². The van der Waals surface area contributed by atoms with Gasteiger partial charge in [-0.05, 0) is 6.42 Å². The van der Waals surface area contributed by atoms with Crippen LogP contribution in [0.1, 0.15) is 19.3 Å². The van der Waals surface area contributed by atoms with Crippen molar-refractivity contribution in [3.8, 4) is 12.3 Å². The fourth-order valence-corrected chi connectivity index (χ4v) is 0.886. The number of rotatable bonds is 5. The van der Waals surface area contributed by atoms with Gasteiger partial charge in [-0.1, -0.05) is 5.92 Å². The van der Waals surface area contributed by atoms with E-state index in [1.165, 1.54) is 11.9 Å². The Morgan fingerprint density at radius 2 is 2.00 bits per heavy atom. The van der Waals surface area contributed by atoms with Crippen molar-refractivity contribution < 1.29 is 19.5 Å². The first-order valence-electron chi connectivity index (χ1n) is 4.67. The lowest BCUT2D eigenvalue weighted by molar-refractivity contribution is -0.137. The summed E-state index contributed by atoms with van der Waals surface area (Å²) in [6.07, 6.45) is 5.10. The molecule has 88 valence electrons. The van der Waals surface area contributed by atoms with Gasteiger partial charge in [0.15, 0.2) is 0 Å². The van der Waals surface area contributed by atoms with Crippen LogP contribution < -0.4 is 5.32 Å². The highest BCUT2D eigenvalue weighted by Gasteiger charge is 2.11. The van der Waals surface area contributed by atoms with E-state index < -0.39 is 17.9 Å². The number of carboxylic acids is 1. The quantitative estimate of drug-likeness (QED) is 0.648. The number of nitrogens with zero attached hydrogens (tertiary/aromatic N) is 1. The molecule has 0 aromatic carbocycles. The van der Waals surface area contributed by atoms with Crippen LogP contribution in [0.25, 0.3) is 0 Å². The maximum absolute atomic E-state index is 11.2. The normalized spacial score (nSPS) is 9.00. The van der Waals surface area contributed by atoms with Crippen LogP contribution in [0.3, 0.4) is 0 Å². The molecular weight excluding hydrogens is 212 g/mol. The Labute approximate surface area is 93.6 Å². The Bertz CT molecular complexity index is 319. The molecule has 0 aliphatic carbocycles. The monoisotopic (exact) mass is 226 g/mol. The molecule has 0 aromatic rings. The van der Waals surface area contributed by atoms with Crippen LogP contribution in [-0.4, -0.2) is 41.5 Å². The third kappa shape index (κ3) is 6.43. The minimum absolute atomic E-state index is 0.00192. The standard InChI is InChI=1S/C10H14N2O4/c1-3-7-12(2)10(16)11-8(13)5-4-6-9(14)15/h1H,4-7H2,2H3,(H,14,15)(H,11,13,16). The molecule has 6 nitrogen and oxygen atoms in total. The second-order valence-electron chi connectivity index (χ2n) is 3.16. The molecule has 0 heterocycles. The molecule has 0 aliphatic heterocycles. The zero-order chi connectivity index (χ0) is 12.6. The lowest BCUT2D eigenvalue weighted by Crippen LogP contribution is -2.40. The van der Waals surface area contributed by atoms with E-state index in [9.17, 15) is 14.4 Å². The maximum atomic E-state index is 11.2. The SMILES string of the molecule is C#CCN(C)C(=O)NC(=O)CCCC(=O)O. The number of amides is 3. The summed E-state index contributed by atoms with van der Waals surface area (Å²) in [6.45, 7) is 0.105. The molecule has 6 heteroatoms. The fourth-order valence-electron chi connectivity index (χ4n) is 0.886. The number of carboxylic acid groups (broad SMARTS) is 1. The van der Waals surface area contributed by atoms with Crippen molar-refractivity contribution in [3.05, 3.63) is 0 Å². The summed E-state index contributed by atoms with van der Waals surface area (Å²) in [5.74, 6) is 0.782. The van der Waals surface area contributed by atoms with Crippen molar-refractivity contribution in [2.75, 3.05) is 13.6 Å². The van der Waals surface area contributed by atoms with Gasteiger partial charge in [0.2, 0.25) is 5.91 Å². The molecule has 0 unspecified atom stereocenters. The number of hydrogen-bond donors (Lipinski definition) is 2. The van der Waals surface area contributed by atoms with Gasteiger partial charge in [0.05, 0.1) is 6.54 Å². The summed E-state index contributed by atoms with van der Waals surface area (Å²) in [5.41, 5.74) is 0. The number of imide groups is 1. The molecule has 0 bridgehead atoms. The molecule has 16 heavy (non-hydrogen) atoms. The van der Waals surface area contributed by atoms with Crippen molar-refractivity contribution in [1.29, 1.82) is 0 Å². The van der Waals surface area contributed by atoms with Gasteiger partial charge in [-0.3, -0.25) is 14.9 Å². The van der Waals surface area contributed by atoms with E-state index in [1.54, 1.807) is 0 Å². The van der Waals surface area contributed by atoms with Gasteiger partial charge in [-0.2, -0.15) is 0 Å². The predicted octanol–water partition coefficient (Wildman–Crippen LogP) is 0.0425. The largest absolute Gasteiger partial charge is 0.481 e. The van der Waals surface area contributed by atoms with E-state index in [1.807, 2.05) is 0 Å². The number of carbonyl (C=O) groups excluding carboxylic acids is 2. The van der Waals surface area contributed by atoms with E-state index in [0.717, 1.165) is 0 Å². The summed E-state index contributed by atoms with van der Waals surface area (Å²) in [5, 5.41) is 10.4. The Morgan fingerprint density at radius 3 is 2.50 bits per heavy atom. The highest BCUT2D eigenvalue weighted by atomic mass is 16.4. The second-order valence-corrected chi connectivity index (χ2v) is 3.16. The first kappa shape index (κ1) is 14.0. The smallest absolute Gasteiger partial charge is 0.324 e. The summed E-state index contributed by atoms with van der Waals surface area (Å²) in [6, 6.07) is -0.585. The van der Waals surface area contributed by atoms with Crippen molar-refractivity contribution >= 4 is 17.9 Å². The van der Waals surface area contributed by atoms with Crippen LogP contribution in [0.4, 0.5) is 4.79 Å². The van der Waals surface area contributed by atoms with Gasteiger partial charge in [0, 0.05) is 19.9 Å². The molecule has 0 atom stereocenters. The number of urea groups is 1. The fraction of sp³-hybridized carbons (Fsp3) is 0.500. The minimum Gasteiger partial charge on any atom is -0.481 e. The van der Waals surface area contributed by atoms with E-state index in [4.69, 9.17) is 11.5 Å². The average molecular weight is 226 g/mol. The molecule has 0 saturated heterocycles. The average Bonchev–Trinajstić information content (AvgIpc) is 2.17. The third-order valence-electron chi connectivity index (χ3n) is 1.72. The molecule has 0 fully saturated rings. The molecule has 0 aliphatic rings. The van der Waals surface area contributed by atoms with E-state index in [0.29, 0.717) is 0 Å². The van der Waals surface area contributed by atoms with Gasteiger partial charge in [0.25, 0.3) is 0 Å². The maximum Gasteiger partial charge on any atom is 0.324 e. The first-order chi connectivity index (χ1) is 7.47. The Hall–Kier alpha value is -2.03. The van der Waals surface area contributed by atoms with Gasteiger partial charge in [-0.15, -0.1) is 6.42 Å². The second kappa shape index (κ2) is 7.29. The Morgan fingerprint density at radius 1 is 1.38 bits per heavy atom. The van der Waals surface area contributed by atoms with Gasteiger partial charge < -0.3 is 10.0 Å². The topological polar surface area (TPSA) is 86.7 Å². The molecule has 0 aromatic heterocycles. The molecule has 0 rings (SSSR count). The van der Waals surface area contributed by atoms with E-state index in [-0.39, 0.29) is 25.8 Å². The summed E-state index contributed by atoms with van der Waals surface area (Å²) >= 11 is 0. The summed E-state index contributed by atoms with van der Waals surface area (Å²) in [7, 11) is 1.46. The molecule has 0 radical (unpaired) electrons. The highest BCUT2D eigenvalue weighted by Crippen LogP contribution is 1.95. The van der Waals surface area contributed by atoms with E-state index in [2.05, 4.69) is 11.2 Å². The minimum atomic E-state index is -0.969. The first-order valence-corrected chi connectivity index (χ1v) is 4.67.